The fraction of sp³-hybridized carbons (Fsp3) is 0.478. The molecule has 0 N–H and O–H groups in total. The normalized spacial score (nSPS) is 20.3. The van der Waals surface area contributed by atoms with Crippen molar-refractivity contribution in [1.29, 1.82) is 0 Å². The summed E-state index contributed by atoms with van der Waals surface area (Å²) in [5.41, 5.74) is 1.56. The molecule has 0 aromatic heterocycles. The Kier molecular flexibility index (Phi) is 12.9. The van der Waals surface area contributed by atoms with Crippen molar-refractivity contribution in [1.82, 2.24) is 9.80 Å². The standard InChI is InChI=1S/C23H35ClN2/c1-4-6-8-10-14-23(15-11-12-16-24)26-19-17-25(18-20-26)21-22(3)13-9-7-5-2/h4-9,11-13,15-16,22-23H,1,10,14,17-21H2,2-3H3/b7-5+,8-6-,13-9-,15-11+,16-12+. The molecule has 1 saturated heterocycles. The number of rotatable bonds is 11. The molecule has 1 fully saturated rings. The zero-order valence-corrected chi connectivity index (χ0v) is 17.2. The fourth-order valence-corrected chi connectivity index (χ4v) is 3.29. The molecule has 0 amide bonds. The van der Waals surface area contributed by atoms with Crippen molar-refractivity contribution < 1.29 is 0 Å². The van der Waals surface area contributed by atoms with E-state index in [-0.39, 0.29) is 0 Å². The van der Waals surface area contributed by atoms with Crippen molar-refractivity contribution in [2.75, 3.05) is 32.7 Å². The first-order valence-corrected chi connectivity index (χ1v) is 10.1. The Bertz CT molecular complexity index is 508. The highest BCUT2D eigenvalue weighted by Crippen LogP contribution is 2.15. The van der Waals surface area contributed by atoms with E-state index in [2.05, 4.69) is 72.8 Å². The average molecular weight is 375 g/mol. The maximum absolute atomic E-state index is 5.65. The maximum Gasteiger partial charge on any atom is 0.0285 e. The average Bonchev–Trinajstić information content (AvgIpc) is 2.65. The molecule has 0 aromatic carbocycles. The summed E-state index contributed by atoms with van der Waals surface area (Å²) in [6, 6.07) is 0.464. The van der Waals surface area contributed by atoms with Crippen LogP contribution in [0.4, 0.5) is 0 Å². The molecule has 2 unspecified atom stereocenters. The zero-order valence-electron chi connectivity index (χ0n) is 16.4. The van der Waals surface area contributed by atoms with E-state index in [0.717, 1.165) is 45.6 Å². The highest BCUT2D eigenvalue weighted by atomic mass is 35.5. The zero-order chi connectivity index (χ0) is 19.0. The van der Waals surface area contributed by atoms with E-state index in [0.29, 0.717) is 12.0 Å². The number of piperazine rings is 1. The summed E-state index contributed by atoms with van der Waals surface area (Å²) >= 11 is 5.65. The van der Waals surface area contributed by atoms with Crippen LogP contribution in [0.25, 0.3) is 0 Å². The van der Waals surface area contributed by atoms with Crippen LogP contribution in [0.3, 0.4) is 0 Å². The minimum Gasteiger partial charge on any atom is -0.300 e. The molecule has 0 aliphatic carbocycles. The smallest absolute Gasteiger partial charge is 0.0285 e. The van der Waals surface area contributed by atoms with Gasteiger partial charge in [0.1, 0.15) is 0 Å². The lowest BCUT2D eigenvalue weighted by atomic mass is 10.1. The van der Waals surface area contributed by atoms with Crippen molar-refractivity contribution in [2.45, 2.75) is 32.7 Å². The van der Waals surface area contributed by atoms with Gasteiger partial charge in [0.2, 0.25) is 0 Å². The lowest BCUT2D eigenvalue weighted by molar-refractivity contribution is 0.103. The van der Waals surface area contributed by atoms with Gasteiger partial charge in [0, 0.05) is 44.3 Å². The topological polar surface area (TPSA) is 6.48 Å². The first-order chi connectivity index (χ1) is 12.7. The molecule has 1 heterocycles. The summed E-state index contributed by atoms with van der Waals surface area (Å²) in [6.07, 6.45) is 23.1. The third-order valence-electron chi connectivity index (χ3n) is 4.58. The molecule has 0 bridgehead atoms. The van der Waals surface area contributed by atoms with E-state index in [1.807, 2.05) is 18.2 Å². The summed E-state index contributed by atoms with van der Waals surface area (Å²) < 4.78 is 0. The summed E-state index contributed by atoms with van der Waals surface area (Å²) in [5.74, 6) is 0.589. The lowest BCUT2D eigenvalue weighted by Crippen LogP contribution is -2.50. The SMILES string of the molecule is C=C/C=C\CCC(/C=C/C=C/Cl)N1CCN(CC(C)/C=C\C=C\C)CC1. The lowest BCUT2D eigenvalue weighted by Gasteiger charge is -2.39. The molecule has 0 spiro atoms. The van der Waals surface area contributed by atoms with Crippen LogP contribution in [-0.4, -0.2) is 48.6 Å². The Hall–Kier alpha value is -1.35. The highest BCUT2D eigenvalue weighted by Gasteiger charge is 2.22. The van der Waals surface area contributed by atoms with Crippen molar-refractivity contribution >= 4 is 11.6 Å². The second kappa shape index (κ2) is 14.8. The van der Waals surface area contributed by atoms with E-state index in [1.54, 1.807) is 5.54 Å². The van der Waals surface area contributed by atoms with Gasteiger partial charge in [-0.25, -0.2) is 0 Å². The second-order valence-electron chi connectivity index (χ2n) is 6.74. The van der Waals surface area contributed by atoms with E-state index in [1.165, 1.54) is 0 Å². The fourth-order valence-electron chi connectivity index (χ4n) is 3.20. The minimum absolute atomic E-state index is 0.464. The van der Waals surface area contributed by atoms with Gasteiger partial charge in [-0.2, -0.15) is 0 Å². The van der Waals surface area contributed by atoms with Gasteiger partial charge in [0.25, 0.3) is 0 Å². The number of hydrogen-bond donors (Lipinski definition) is 0. The summed E-state index contributed by atoms with van der Waals surface area (Å²) in [6.45, 7) is 13.7. The molecular formula is C23H35ClN2. The van der Waals surface area contributed by atoms with Crippen LogP contribution < -0.4 is 0 Å². The van der Waals surface area contributed by atoms with Gasteiger partial charge in [-0.05, 0) is 25.7 Å². The van der Waals surface area contributed by atoms with Crippen LogP contribution in [0.1, 0.15) is 26.7 Å². The predicted octanol–water partition coefficient (Wildman–Crippen LogP) is 5.57. The maximum atomic E-state index is 5.65. The molecule has 2 nitrogen and oxygen atoms in total. The number of allylic oxidation sites excluding steroid dienone is 8. The van der Waals surface area contributed by atoms with Gasteiger partial charge in [0.15, 0.2) is 0 Å². The molecular weight excluding hydrogens is 340 g/mol. The molecule has 0 aromatic rings. The first kappa shape index (κ1) is 22.7. The van der Waals surface area contributed by atoms with Gasteiger partial charge in [-0.15, -0.1) is 0 Å². The van der Waals surface area contributed by atoms with Crippen molar-refractivity contribution in [3.8, 4) is 0 Å². The van der Waals surface area contributed by atoms with Crippen molar-refractivity contribution in [3.63, 3.8) is 0 Å². The van der Waals surface area contributed by atoms with Gasteiger partial charge in [-0.1, -0.05) is 85.9 Å². The largest absolute Gasteiger partial charge is 0.300 e. The van der Waals surface area contributed by atoms with Crippen molar-refractivity contribution in [2.24, 2.45) is 5.92 Å². The second-order valence-corrected chi connectivity index (χ2v) is 6.99. The predicted molar refractivity (Wildman–Crippen MR) is 118 cm³/mol. The summed E-state index contributed by atoms with van der Waals surface area (Å²) in [4.78, 5) is 5.18. The van der Waals surface area contributed by atoms with E-state index < -0.39 is 0 Å². The Labute approximate surface area is 165 Å². The van der Waals surface area contributed by atoms with Crippen LogP contribution in [0.2, 0.25) is 0 Å². The Morgan fingerprint density at radius 2 is 1.73 bits per heavy atom. The molecule has 0 radical (unpaired) electrons. The van der Waals surface area contributed by atoms with Gasteiger partial charge in [-0.3, -0.25) is 4.90 Å². The van der Waals surface area contributed by atoms with E-state index >= 15 is 0 Å². The molecule has 2 atom stereocenters. The quantitative estimate of drug-likeness (QED) is 0.436. The molecule has 3 heteroatoms. The van der Waals surface area contributed by atoms with Crippen molar-refractivity contribution in [3.05, 3.63) is 72.9 Å². The van der Waals surface area contributed by atoms with Gasteiger partial charge in [0.05, 0.1) is 0 Å². The number of hydrogen-bond acceptors (Lipinski definition) is 2. The molecule has 1 aliphatic rings. The Morgan fingerprint density at radius 3 is 2.38 bits per heavy atom. The van der Waals surface area contributed by atoms with Gasteiger partial charge >= 0.3 is 0 Å². The Morgan fingerprint density at radius 1 is 1.00 bits per heavy atom. The highest BCUT2D eigenvalue weighted by molar-refractivity contribution is 6.25. The molecule has 1 rings (SSSR count). The Balaban J connectivity index is 2.50. The molecule has 0 saturated carbocycles. The third kappa shape index (κ3) is 9.96. The molecule has 1 aliphatic heterocycles. The van der Waals surface area contributed by atoms with Crippen LogP contribution in [0.5, 0.6) is 0 Å². The number of nitrogens with zero attached hydrogens (tertiary/aromatic N) is 2. The van der Waals surface area contributed by atoms with E-state index in [9.17, 15) is 0 Å². The van der Waals surface area contributed by atoms with Gasteiger partial charge < -0.3 is 4.90 Å². The monoisotopic (exact) mass is 374 g/mol. The summed E-state index contributed by atoms with van der Waals surface area (Å²) in [5, 5.41) is 0. The first-order valence-electron chi connectivity index (χ1n) is 9.68. The third-order valence-corrected chi connectivity index (χ3v) is 4.73. The van der Waals surface area contributed by atoms with Crippen LogP contribution in [-0.2, 0) is 0 Å². The van der Waals surface area contributed by atoms with E-state index in [4.69, 9.17) is 11.6 Å². The van der Waals surface area contributed by atoms with Crippen LogP contribution in [0.15, 0.2) is 72.9 Å². The molecule has 144 valence electrons. The number of halogens is 1. The summed E-state index contributed by atoms with van der Waals surface area (Å²) in [7, 11) is 0. The van der Waals surface area contributed by atoms with Crippen LogP contribution in [0, 0.1) is 5.92 Å². The minimum atomic E-state index is 0.464. The molecule has 26 heavy (non-hydrogen) atoms. The van der Waals surface area contributed by atoms with Crippen LogP contribution >= 0.6 is 11.6 Å².